The quantitative estimate of drug-likeness (QED) is 0.912. The van der Waals surface area contributed by atoms with Crippen molar-refractivity contribution < 1.29 is 14.3 Å². The van der Waals surface area contributed by atoms with Crippen LogP contribution in [0.2, 0.25) is 0 Å². The number of amides is 1. The molecule has 3 atom stereocenters. The minimum absolute atomic E-state index is 0.0785. The van der Waals surface area contributed by atoms with E-state index < -0.39 is 0 Å². The lowest BCUT2D eigenvalue weighted by Crippen LogP contribution is -2.53. The second-order valence-electron chi connectivity index (χ2n) is 7.54. The van der Waals surface area contributed by atoms with Gasteiger partial charge in [-0.25, -0.2) is 0 Å². The van der Waals surface area contributed by atoms with Crippen LogP contribution in [0.5, 0.6) is 0 Å². The van der Waals surface area contributed by atoms with E-state index in [1.807, 2.05) is 23.1 Å². The molecule has 1 N–H and O–H groups in total. The van der Waals surface area contributed by atoms with Gasteiger partial charge < -0.3 is 19.4 Å². The number of ether oxygens (including phenoxy) is 2. The molecule has 2 fully saturated rings. The van der Waals surface area contributed by atoms with Gasteiger partial charge in [0, 0.05) is 31.7 Å². The summed E-state index contributed by atoms with van der Waals surface area (Å²) in [6.07, 6.45) is 4.72. The number of para-hydroxylation sites is 1. The van der Waals surface area contributed by atoms with Gasteiger partial charge in [0.1, 0.15) is 5.69 Å². The summed E-state index contributed by atoms with van der Waals surface area (Å²) in [5.74, 6) is 0.0960. The lowest BCUT2D eigenvalue weighted by atomic mass is 9.79. The third kappa shape index (κ3) is 2.57. The van der Waals surface area contributed by atoms with Gasteiger partial charge in [0.15, 0.2) is 0 Å². The third-order valence-electron chi connectivity index (χ3n) is 6.52. The van der Waals surface area contributed by atoms with Crippen LogP contribution in [0.1, 0.15) is 48.7 Å². The topological polar surface area (TPSA) is 54.6 Å². The molecular weight excluding hydrogens is 328 g/mol. The van der Waals surface area contributed by atoms with E-state index in [1.165, 1.54) is 0 Å². The number of hydrogen-bond acceptors (Lipinski definition) is 3. The van der Waals surface area contributed by atoms with Crippen molar-refractivity contribution in [3.8, 4) is 0 Å². The molecule has 2 aliphatic rings. The molecule has 5 heteroatoms. The molecule has 4 rings (SSSR count). The van der Waals surface area contributed by atoms with Crippen LogP contribution in [-0.4, -0.2) is 54.3 Å². The van der Waals surface area contributed by atoms with Crippen LogP contribution >= 0.6 is 0 Å². The molecule has 26 heavy (non-hydrogen) atoms. The van der Waals surface area contributed by atoms with E-state index in [1.54, 1.807) is 14.2 Å². The van der Waals surface area contributed by atoms with E-state index in [4.69, 9.17) is 9.47 Å². The molecule has 2 aromatic rings. The zero-order valence-corrected chi connectivity index (χ0v) is 15.9. The summed E-state index contributed by atoms with van der Waals surface area (Å²) in [6.45, 7) is 2.85. The number of methoxy groups -OCH3 is 2. The monoisotopic (exact) mass is 356 g/mol. The van der Waals surface area contributed by atoms with E-state index in [0.717, 1.165) is 60.8 Å². The first-order valence-electron chi connectivity index (χ1n) is 9.62. The van der Waals surface area contributed by atoms with Gasteiger partial charge in [0.25, 0.3) is 5.91 Å². The summed E-state index contributed by atoms with van der Waals surface area (Å²) in [5, 5.41) is 1.15. The van der Waals surface area contributed by atoms with Crippen molar-refractivity contribution in [2.45, 2.75) is 56.8 Å². The molecule has 1 saturated carbocycles. The Labute approximate surface area is 154 Å². The number of fused-ring (bicyclic) bond motifs is 2. The molecule has 1 aromatic carbocycles. The number of rotatable bonds is 4. The molecule has 1 amide bonds. The standard InChI is InChI=1S/C21H28N2O3/c1-4-15-16-7-5-6-8-17(16)22-19(15)20(24)23-12-11-21(26-3)10-9-14(25-2)13-18(21)23/h5-8,14,18,22H,4,9-13H2,1-3H3/t14-,18-,21+/m0/s1. The smallest absolute Gasteiger partial charge is 0.270 e. The Bertz CT molecular complexity index is 815. The maximum absolute atomic E-state index is 13.5. The highest BCUT2D eigenvalue weighted by Gasteiger charge is 2.53. The van der Waals surface area contributed by atoms with Crippen molar-refractivity contribution in [3.05, 3.63) is 35.5 Å². The maximum Gasteiger partial charge on any atom is 0.270 e. The number of aromatic amines is 1. The Morgan fingerprint density at radius 1 is 1.31 bits per heavy atom. The van der Waals surface area contributed by atoms with Gasteiger partial charge in [-0.3, -0.25) is 4.79 Å². The van der Waals surface area contributed by atoms with Crippen LogP contribution in [0.25, 0.3) is 10.9 Å². The summed E-state index contributed by atoms with van der Waals surface area (Å²) in [6, 6.07) is 8.24. The first kappa shape index (κ1) is 17.6. The molecule has 1 aromatic heterocycles. The van der Waals surface area contributed by atoms with Gasteiger partial charge in [-0.1, -0.05) is 25.1 Å². The van der Waals surface area contributed by atoms with Crippen LogP contribution in [0.3, 0.4) is 0 Å². The molecule has 1 aliphatic carbocycles. The first-order valence-corrected chi connectivity index (χ1v) is 9.62. The van der Waals surface area contributed by atoms with E-state index in [9.17, 15) is 4.79 Å². The molecule has 0 spiro atoms. The van der Waals surface area contributed by atoms with Gasteiger partial charge in [0.05, 0.1) is 17.7 Å². The van der Waals surface area contributed by atoms with Gasteiger partial charge in [0.2, 0.25) is 0 Å². The fourth-order valence-electron chi connectivity index (χ4n) is 5.01. The molecule has 0 unspecified atom stereocenters. The van der Waals surface area contributed by atoms with Crippen LogP contribution < -0.4 is 0 Å². The Morgan fingerprint density at radius 3 is 2.85 bits per heavy atom. The first-order chi connectivity index (χ1) is 12.6. The molecule has 2 heterocycles. The van der Waals surface area contributed by atoms with Crippen LogP contribution in [0.4, 0.5) is 0 Å². The minimum Gasteiger partial charge on any atom is -0.381 e. The number of aryl methyl sites for hydroxylation is 1. The van der Waals surface area contributed by atoms with Gasteiger partial charge in [-0.2, -0.15) is 0 Å². The zero-order valence-electron chi connectivity index (χ0n) is 15.9. The van der Waals surface area contributed by atoms with Crippen molar-refractivity contribution in [2.24, 2.45) is 0 Å². The van der Waals surface area contributed by atoms with E-state index in [2.05, 4.69) is 18.0 Å². The molecule has 5 nitrogen and oxygen atoms in total. The number of H-pyrrole nitrogens is 1. The van der Waals surface area contributed by atoms with Crippen molar-refractivity contribution in [3.63, 3.8) is 0 Å². The lowest BCUT2D eigenvalue weighted by Gasteiger charge is -2.43. The number of likely N-dealkylation sites (tertiary alicyclic amines) is 1. The second-order valence-corrected chi connectivity index (χ2v) is 7.54. The fourth-order valence-corrected chi connectivity index (χ4v) is 5.01. The SMILES string of the molecule is CCc1c(C(=O)N2CC[C@]3(OC)CC[C@H](OC)C[C@H]23)[nH]c2ccccc12. The number of carbonyl (C=O) groups excluding carboxylic acids is 1. The van der Waals surface area contributed by atoms with Crippen molar-refractivity contribution >= 4 is 16.8 Å². The molecular formula is C21H28N2O3. The predicted octanol–water partition coefficient (Wildman–Crippen LogP) is 3.53. The predicted molar refractivity (Wildman–Crippen MR) is 102 cm³/mol. The highest BCUT2D eigenvalue weighted by molar-refractivity contribution is 6.01. The number of hydrogen-bond donors (Lipinski definition) is 1. The number of carbonyl (C=O) groups is 1. The normalized spacial score (nSPS) is 28.5. The molecule has 1 saturated heterocycles. The van der Waals surface area contributed by atoms with E-state index in [-0.39, 0.29) is 23.7 Å². The summed E-state index contributed by atoms with van der Waals surface area (Å²) < 4.78 is 11.6. The molecule has 0 radical (unpaired) electrons. The Hall–Kier alpha value is -1.85. The molecule has 140 valence electrons. The van der Waals surface area contributed by atoms with Gasteiger partial charge in [-0.05, 0) is 43.7 Å². The summed E-state index contributed by atoms with van der Waals surface area (Å²) in [7, 11) is 3.55. The average Bonchev–Trinajstić information content (AvgIpc) is 3.25. The number of nitrogens with zero attached hydrogens (tertiary/aromatic N) is 1. The molecule has 1 aliphatic heterocycles. The summed E-state index contributed by atoms with van der Waals surface area (Å²) in [4.78, 5) is 18.9. The highest BCUT2D eigenvalue weighted by atomic mass is 16.5. The summed E-state index contributed by atoms with van der Waals surface area (Å²) in [5.41, 5.74) is 2.66. The van der Waals surface area contributed by atoms with Crippen LogP contribution in [-0.2, 0) is 15.9 Å². The maximum atomic E-state index is 13.5. The second kappa shape index (κ2) is 6.71. The summed E-state index contributed by atoms with van der Waals surface area (Å²) >= 11 is 0. The van der Waals surface area contributed by atoms with E-state index in [0.29, 0.717) is 0 Å². The highest BCUT2D eigenvalue weighted by Crippen LogP contribution is 2.43. The lowest BCUT2D eigenvalue weighted by molar-refractivity contribution is -0.0894. The largest absolute Gasteiger partial charge is 0.381 e. The minimum atomic E-state index is -0.219. The van der Waals surface area contributed by atoms with E-state index >= 15 is 0 Å². The number of aromatic nitrogens is 1. The fraction of sp³-hybridized carbons (Fsp3) is 0.571. The van der Waals surface area contributed by atoms with Crippen molar-refractivity contribution in [1.29, 1.82) is 0 Å². The third-order valence-corrected chi connectivity index (χ3v) is 6.52. The Morgan fingerprint density at radius 2 is 2.12 bits per heavy atom. The number of nitrogens with one attached hydrogen (secondary N) is 1. The Kier molecular flexibility index (Phi) is 4.53. The van der Waals surface area contributed by atoms with Gasteiger partial charge >= 0.3 is 0 Å². The average molecular weight is 356 g/mol. The van der Waals surface area contributed by atoms with Crippen LogP contribution in [0, 0.1) is 0 Å². The van der Waals surface area contributed by atoms with Crippen molar-refractivity contribution in [2.75, 3.05) is 20.8 Å². The van der Waals surface area contributed by atoms with Gasteiger partial charge in [-0.15, -0.1) is 0 Å². The molecule has 0 bridgehead atoms. The van der Waals surface area contributed by atoms with Crippen LogP contribution in [0.15, 0.2) is 24.3 Å². The van der Waals surface area contributed by atoms with Crippen molar-refractivity contribution in [1.82, 2.24) is 9.88 Å². The number of benzene rings is 1. The zero-order chi connectivity index (χ0) is 18.3. The Balaban J connectivity index is 1.70.